The highest BCUT2D eigenvalue weighted by Crippen LogP contribution is 2.20. The molecular formula is C20H20N4O2. The second-order valence-corrected chi connectivity index (χ2v) is 5.79. The summed E-state index contributed by atoms with van der Waals surface area (Å²) in [6, 6.07) is 14.8. The molecule has 0 bridgehead atoms. The van der Waals surface area contributed by atoms with E-state index in [2.05, 4.69) is 20.6 Å². The molecule has 0 unspecified atom stereocenters. The van der Waals surface area contributed by atoms with Crippen LogP contribution in [0.2, 0.25) is 0 Å². The van der Waals surface area contributed by atoms with Crippen molar-refractivity contribution in [1.82, 2.24) is 15.3 Å². The lowest BCUT2D eigenvalue weighted by Gasteiger charge is -2.09. The van der Waals surface area contributed by atoms with Crippen LogP contribution in [0.1, 0.15) is 11.1 Å². The Balaban J connectivity index is 1.46. The molecule has 0 radical (unpaired) electrons. The maximum absolute atomic E-state index is 11.9. The molecule has 0 aliphatic rings. The van der Waals surface area contributed by atoms with Crippen LogP contribution in [-0.2, 0) is 6.42 Å². The first-order valence-electron chi connectivity index (χ1n) is 8.33. The van der Waals surface area contributed by atoms with E-state index in [1.807, 2.05) is 43.3 Å². The Kier molecular flexibility index (Phi) is 5.77. The highest BCUT2D eigenvalue weighted by Gasteiger charge is 2.03. The van der Waals surface area contributed by atoms with Gasteiger partial charge in [-0.05, 0) is 49.2 Å². The minimum Gasteiger partial charge on any atom is -0.439 e. The number of pyridine rings is 2. The Morgan fingerprint density at radius 1 is 1.04 bits per heavy atom. The highest BCUT2D eigenvalue weighted by atomic mass is 16.5. The smallest absolute Gasteiger partial charge is 0.319 e. The molecular weight excluding hydrogens is 328 g/mol. The summed E-state index contributed by atoms with van der Waals surface area (Å²) in [4.78, 5) is 20.1. The van der Waals surface area contributed by atoms with Crippen LogP contribution in [0, 0.1) is 6.92 Å². The molecule has 6 heteroatoms. The number of carbonyl (C=O) groups excluding carboxylic acids is 1. The molecule has 0 saturated carbocycles. The van der Waals surface area contributed by atoms with Gasteiger partial charge in [0.1, 0.15) is 5.75 Å². The first kappa shape index (κ1) is 17.4. The molecule has 1 aromatic carbocycles. The van der Waals surface area contributed by atoms with Crippen LogP contribution in [0.25, 0.3) is 0 Å². The van der Waals surface area contributed by atoms with E-state index in [0.29, 0.717) is 18.1 Å². The summed E-state index contributed by atoms with van der Waals surface area (Å²) in [5.41, 5.74) is 2.89. The standard InChI is InChI=1S/C20H20N4O2/c1-15-2-5-18(6-3-15)26-19-7-4-17(14-23-19)24-20(25)22-13-10-16-8-11-21-12-9-16/h2-9,11-12,14H,10,13H2,1H3,(H2,22,24,25). The number of anilines is 1. The van der Waals surface area contributed by atoms with Crippen LogP contribution in [0.5, 0.6) is 11.6 Å². The lowest BCUT2D eigenvalue weighted by molar-refractivity contribution is 0.252. The zero-order valence-corrected chi connectivity index (χ0v) is 14.5. The number of carbonyl (C=O) groups is 1. The first-order valence-corrected chi connectivity index (χ1v) is 8.33. The predicted octanol–water partition coefficient (Wildman–Crippen LogP) is 3.94. The number of nitrogens with zero attached hydrogens (tertiary/aromatic N) is 2. The summed E-state index contributed by atoms with van der Waals surface area (Å²) in [7, 11) is 0. The number of nitrogens with one attached hydrogen (secondary N) is 2. The summed E-state index contributed by atoms with van der Waals surface area (Å²) in [6.45, 7) is 2.56. The molecule has 2 heterocycles. The van der Waals surface area contributed by atoms with E-state index in [4.69, 9.17) is 4.74 Å². The average molecular weight is 348 g/mol. The molecule has 0 aliphatic carbocycles. The number of ether oxygens (including phenoxy) is 1. The van der Waals surface area contributed by atoms with Gasteiger partial charge in [-0.25, -0.2) is 9.78 Å². The predicted molar refractivity (Wildman–Crippen MR) is 100 cm³/mol. The number of hydrogen-bond acceptors (Lipinski definition) is 4. The van der Waals surface area contributed by atoms with E-state index in [1.54, 1.807) is 30.7 Å². The van der Waals surface area contributed by atoms with Gasteiger partial charge in [0.25, 0.3) is 0 Å². The van der Waals surface area contributed by atoms with Gasteiger partial charge in [0.2, 0.25) is 5.88 Å². The summed E-state index contributed by atoms with van der Waals surface area (Å²) in [5, 5.41) is 5.56. The van der Waals surface area contributed by atoms with Crippen LogP contribution >= 0.6 is 0 Å². The Morgan fingerprint density at radius 2 is 1.81 bits per heavy atom. The molecule has 2 N–H and O–H groups in total. The van der Waals surface area contributed by atoms with Crippen molar-refractivity contribution in [2.45, 2.75) is 13.3 Å². The maximum Gasteiger partial charge on any atom is 0.319 e. The second kappa shape index (κ2) is 8.62. The van der Waals surface area contributed by atoms with Gasteiger partial charge in [0.15, 0.2) is 0 Å². The fourth-order valence-electron chi connectivity index (χ4n) is 2.29. The van der Waals surface area contributed by atoms with Gasteiger partial charge in [0.05, 0.1) is 11.9 Å². The number of urea groups is 1. The van der Waals surface area contributed by atoms with Crippen LogP contribution in [0.4, 0.5) is 10.5 Å². The molecule has 0 saturated heterocycles. The number of benzene rings is 1. The van der Waals surface area contributed by atoms with Crippen LogP contribution in [0.3, 0.4) is 0 Å². The van der Waals surface area contributed by atoms with Crippen molar-refractivity contribution < 1.29 is 9.53 Å². The quantitative estimate of drug-likeness (QED) is 0.707. The molecule has 0 aliphatic heterocycles. The topological polar surface area (TPSA) is 76.1 Å². The van der Waals surface area contributed by atoms with Crippen molar-refractivity contribution in [1.29, 1.82) is 0 Å². The highest BCUT2D eigenvalue weighted by molar-refractivity contribution is 5.89. The fourth-order valence-corrected chi connectivity index (χ4v) is 2.29. The van der Waals surface area contributed by atoms with Crippen LogP contribution in [0.15, 0.2) is 67.1 Å². The van der Waals surface area contributed by atoms with E-state index in [9.17, 15) is 4.79 Å². The maximum atomic E-state index is 11.9. The lowest BCUT2D eigenvalue weighted by Crippen LogP contribution is -2.30. The van der Waals surface area contributed by atoms with Crippen molar-refractivity contribution in [2.75, 3.05) is 11.9 Å². The Bertz CT molecular complexity index is 834. The van der Waals surface area contributed by atoms with Gasteiger partial charge < -0.3 is 15.4 Å². The number of aromatic nitrogens is 2. The lowest BCUT2D eigenvalue weighted by atomic mass is 10.2. The van der Waals surface area contributed by atoms with Gasteiger partial charge in [-0.2, -0.15) is 0 Å². The molecule has 26 heavy (non-hydrogen) atoms. The molecule has 3 rings (SSSR count). The first-order chi connectivity index (χ1) is 12.7. The second-order valence-electron chi connectivity index (χ2n) is 5.79. The van der Waals surface area contributed by atoms with Crippen molar-refractivity contribution in [3.63, 3.8) is 0 Å². The molecule has 0 atom stereocenters. The van der Waals surface area contributed by atoms with Gasteiger partial charge in [0, 0.05) is 25.0 Å². The minimum atomic E-state index is -0.270. The van der Waals surface area contributed by atoms with Crippen molar-refractivity contribution in [2.24, 2.45) is 0 Å². The average Bonchev–Trinajstić information content (AvgIpc) is 2.66. The molecule has 2 amide bonds. The monoisotopic (exact) mass is 348 g/mol. The third-order valence-corrected chi connectivity index (χ3v) is 3.69. The number of amides is 2. The molecule has 0 fully saturated rings. The van der Waals surface area contributed by atoms with E-state index in [-0.39, 0.29) is 6.03 Å². The Morgan fingerprint density at radius 3 is 2.50 bits per heavy atom. The van der Waals surface area contributed by atoms with Gasteiger partial charge >= 0.3 is 6.03 Å². The van der Waals surface area contributed by atoms with E-state index in [1.165, 1.54) is 5.56 Å². The number of aryl methyl sites for hydroxylation is 1. The Hall–Kier alpha value is -3.41. The largest absolute Gasteiger partial charge is 0.439 e. The molecule has 0 spiro atoms. The third-order valence-electron chi connectivity index (χ3n) is 3.69. The van der Waals surface area contributed by atoms with E-state index in [0.717, 1.165) is 17.7 Å². The summed E-state index contributed by atoms with van der Waals surface area (Å²) in [5.74, 6) is 1.19. The molecule has 6 nitrogen and oxygen atoms in total. The summed E-state index contributed by atoms with van der Waals surface area (Å²) in [6.07, 6.45) is 5.78. The van der Waals surface area contributed by atoms with Crippen molar-refractivity contribution >= 4 is 11.7 Å². The third kappa shape index (κ3) is 5.31. The minimum absolute atomic E-state index is 0.270. The van der Waals surface area contributed by atoms with Crippen LogP contribution in [-0.4, -0.2) is 22.5 Å². The van der Waals surface area contributed by atoms with Crippen molar-refractivity contribution in [3.05, 3.63) is 78.2 Å². The van der Waals surface area contributed by atoms with E-state index < -0.39 is 0 Å². The van der Waals surface area contributed by atoms with E-state index >= 15 is 0 Å². The zero-order valence-electron chi connectivity index (χ0n) is 14.5. The van der Waals surface area contributed by atoms with Crippen LogP contribution < -0.4 is 15.4 Å². The fraction of sp³-hybridized carbons (Fsp3) is 0.150. The van der Waals surface area contributed by atoms with Gasteiger partial charge in [-0.1, -0.05) is 17.7 Å². The van der Waals surface area contributed by atoms with Crippen molar-refractivity contribution in [3.8, 4) is 11.6 Å². The number of hydrogen-bond donors (Lipinski definition) is 2. The van der Waals surface area contributed by atoms with Gasteiger partial charge in [-0.3, -0.25) is 4.98 Å². The summed E-state index contributed by atoms with van der Waals surface area (Å²) >= 11 is 0. The van der Waals surface area contributed by atoms with Gasteiger partial charge in [-0.15, -0.1) is 0 Å². The molecule has 132 valence electrons. The normalized spacial score (nSPS) is 10.2. The molecule has 3 aromatic rings. The molecule has 2 aromatic heterocycles. The Labute approximate surface area is 152 Å². The summed E-state index contributed by atoms with van der Waals surface area (Å²) < 4.78 is 5.66. The zero-order chi connectivity index (χ0) is 18.2. The number of rotatable bonds is 6. The SMILES string of the molecule is Cc1ccc(Oc2ccc(NC(=O)NCCc3ccncc3)cn2)cc1.